The Morgan fingerprint density at radius 1 is 1.16 bits per heavy atom. The molecule has 1 spiro atoms. The van der Waals surface area contributed by atoms with Gasteiger partial charge in [-0.1, -0.05) is 61.9 Å². The highest BCUT2D eigenvalue weighted by Crippen LogP contribution is 2.54. The highest BCUT2D eigenvalue weighted by atomic mass is 35.5. The number of cyclic esters (lactones) is 1. The van der Waals surface area contributed by atoms with Crippen LogP contribution in [0.4, 0.5) is 5.69 Å². The summed E-state index contributed by atoms with van der Waals surface area (Å²) >= 11 is 6.62. The van der Waals surface area contributed by atoms with Crippen molar-refractivity contribution < 1.29 is 33.8 Å². The molecule has 43 heavy (non-hydrogen) atoms. The van der Waals surface area contributed by atoms with Gasteiger partial charge in [-0.2, -0.15) is 0 Å². The van der Waals surface area contributed by atoms with Crippen LogP contribution in [0.5, 0.6) is 0 Å². The quantitative estimate of drug-likeness (QED) is 0.386. The van der Waals surface area contributed by atoms with Crippen molar-refractivity contribution >= 4 is 41.0 Å². The zero-order valence-electron chi connectivity index (χ0n) is 25.0. The van der Waals surface area contributed by atoms with Gasteiger partial charge in [0, 0.05) is 13.0 Å². The summed E-state index contributed by atoms with van der Waals surface area (Å²) in [5, 5.41) is 13.7. The van der Waals surface area contributed by atoms with E-state index in [9.17, 15) is 24.3 Å². The van der Waals surface area contributed by atoms with Crippen LogP contribution in [0, 0.1) is 24.7 Å². The second-order valence-electron chi connectivity index (χ2n) is 12.3. The van der Waals surface area contributed by atoms with Crippen LogP contribution >= 0.6 is 11.6 Å². The molecule has 0 aromatic heterocycles. The number of carbonyl (C=O) groups is 4. The Morgan fingerprint density at radius 3 is 2.63 bits per heavy atom. The van der Waals surface area contributed by atoms with Gasteiger partial charge in [-0.15, -0.1) is 0 Å². The third kappa shape index (κ3) is 5.60. The molecule has 10 nitrogen and oxygen atoms in total. The van der Waals surface area contributed by atoms with E-state index in [4.69, 9.17) is 21.1 Å². The van der Waals surface area contributed by atoms with Gasteiger partial charge in [-0.3, -0.25) is 19.2 Å². The minimum absolute atomic E-state index is 0.110. The molecule has 2 saturated heterocycles. The number of carbonyl (C=O) groups excluding carboxylic acids is 4. The summed E-state index contributed by atoms with van der Waals surface area (Å²) in [6.07, 6.45) is 6.59. The lowest BCUT2D eigenvalue weighted by Gasteiger charge is -2.39. The summed E-state index contributed by atoms with van der Waals surface area (Å²) in [7, 11) is 0. The number of halogens is 1. The van der Waals surface area contributed by atoms with Crippen LogP contribution in [0.2, 0.25) is 5.02 Å². The number of fused-ring (bicyclic) bond motifs is 2. The summed E-state index contributed by atoms with van der Waals surface area (Å²) in [5.74, 6) is -3.65. The summed E-state index contributed by atoms with van der Waals surface area (Å²) < 4.78 is 12.5. The monoisotopic (exact) mass is 613 g/mol. The fourth-order valence-corrected chi connectivity index (χ4v) is 7.30. The van der Waals surface area contributed by atoms with Crippen LogP contribution in [0.25, 0.3) is 0 Å². The van der Waals surface area contributed by atoms with E-state index in [0.29, 0.717) is 23.6 Å². The van der Waals surface area contributed by atoms with Crippen LogP contribution < -0.4 is 10.2 Å². The van der Waals surface area contributed by atoms with Gasteiger partial charge in [0.1, 0.15) is 23.7 Å². The van der Waals surface area contributed by atoms with Crippen LogP contribution in [-0.4, -0.2) is 83.3 Å². The molecule has 3 amide bonds. The standard InChI is InChI=1S/C32H40ClN3O7/c1-18(2)15-21(17-37)36-28-30(40)35(27-19(3)9-7-10-22(27)33)14-8-13-32(28)26(29(36)39)25-23(43-32)11-5-6-12-24(38)34-16-20(4)42-31(25)41/h5,7-11,13,18,20-21,23,25-26,28,37H,6,12,14-17H2,1-4H3,(H,34,38)/b11-5-/t20-,21+,23-,25+,26+,28-,32+/m0/s1. The minimum Gasteiger partial charge on any atom is -0.460 e. The summed E-state index contributed by atoms with van der Waals surface area (Å²) in [5.41, 5.74) is -0.180. The molecular formula is C32H40ClN3O7. The zero-order chi connectivity index (χ0) is 31.1. The van der Waals surface area contributed by atoms with E-state index in [1.165, 1.54) is 4.90 Å². The molecule has 0 saturated carbocycles. The van der Waals surface area contributed by atoms with Crippen molar-refractivity contribution in [1.29, 1.82) is 0 Å². The first-order valence-corrected chi connectivity index (χ1v) is 15.4. The number of rotatable bonds is 5. The maximum Gasteiger partial charge on any atom is 0.313 e. The maximum atomic E-state index is 14.7. The number of benzene rings is 1. The molecule has 0 bridgehead atoms. The second kappa shape index (κ2) is 12.4. The molecule has 4 aliphatic heterocycles. The topological polar surface area (TPSA) is 125 Å². The van der Waals surface area contributed by atoms with Crippen molar-refractivity contribution in [3.05, 3.63) is 53.1 Å². The van der Waals surface area contributed by atoms with Crippen LogP contribution in [-0.2, 0) is 28.7 Å². The third-order valence-corrected chi connectivity index (χ3v) is 9.08. The van der Waals surface area contributed by atoms with Gasteiger partial charge in [-0.25, -0.2) is 0 Å². The molecule has 0 unspecified atom stereocenters. The number of likely N-dealkylation sites (tertiary alicyclic amines) is 1. The van der Waals surface area contributed by atoms with E-state index in [1.807, 2.05) is 26.8 Å². The molecule has 0 aliphatic carbocycles. The fraction of sp³-hybridized carbons (Fsp3) is 0.562. The number of anilines is 1. The Hall–Kier alpha value is -3.21. The number of hydrogen-bond acceptors (Lipinski definition) is 7. The first-order chi connectivity index (χ1) is 20.5. The molecule has 5 rings (SSSR count). The van der Waals surface area contributed by atoms with E-state index in [-0.39, 0.29) is 37.9 Å². The number of nitrogens with zero attached hydrogens (tertiary/aromatic N) is 2. The predicted molar refractivity (Wildman–Crippen MR) is 160 cm³/mol. The van der Waals surface area contributed by atoms with Crippen molar-refractivity contribution in [1.82, 2.24) is 10.2 Å². The highest BCUT2D eigenvalue weighted by Gasteiger charge is 2.72. The molecule has 0 radical (unpaired) electrons. The number of hydrogen-bond donors (Lipinski definition) is 2. The average Bonchev–Trinajstić information content (AvgIpc) is 3.34. The van der Waals surface area contributed by atoms with Gasteiger partial charge in [0.05, 0.1) is 41.9 Å². The Balaban J connectivity index is 1.65. The number of aliphatic hydroxyl groups is 1. The van der Waals surface area contributed by atoms with Crippen molar-refractivity contribution in [2.45, 2.75) is 76.9 Å². The van der Waals surface area contributed by atoms with E-state index < -0.39 is 59.5 Å². The number of aryl methyl sites for hydroxylation is 1. The molecule has 1 aromatic carbocycles. The second-order valence-corrected chi connectivity index (χ2v) is 12.7. The molecule has 7 atom stereocenters. The minimum atomic E-state index is -1.50. The molecule has 232 valence electrons. The summed E-state index contributed by atoms with van der Waals surface area (Å²) in [6.45, 7) is 7.45. The van der Waals surface area contributed by atoms with Crippen LogP contribution in [0.1, 0.15) is 45.6 Å². The summed E-state index contributed by atoms with van der Waals surface area (Å²) in [4.78, 5) is 58.3. The third-order valence-electron chi connectivity index (χ3n) is 8.78. The molecule has 11 heteroatoms. The van der Waals surface area contributed by atoms with Crippen LogP contribution in [0.15, 0.2) is 42.5 Å². The Labute approximate surface area is 257 Å². The number of allylic oxidation sites excluding steroid dienone is 1. The van der Waals surface area contributed by atoms with E-state index in [0.717, 1.165) is 5.56 Å². The van der Waals surface area contributed by atoms with Gasteiger partial charge < -0.3 is 29.7 Å². The maximum absolute atomic E-state index is 14.7. The van der Waals surface area contributed by atoms with Crippen LogP contribution in [0.3, 0.4) is 0 Å². The lowest BCUT2D eigenvalue weighted by atomic mass is 9.78. The van der Waals surface area contributed by atoms with Gasteiger partial charge in [0.15, 0.2) is 0 Å². The number of para-hydroxylation sites is 1. The van der Waals surface area contributed by atoms with Gasteiger partial charge >= 0.3 is 5.97 Å². The number of ether oxygens (including phenoxy) is 2. The van der Waals surface area contributed by atoms with Crippen molar-refractivity contribution in [2.24, 2.45) is 17.8 Å². The van der Waals surface area contributed by atoms with Gasteiger partial charge in [0.2, 0.25) is 11.8 Å². The first-order valence-electron chi connectivity index (χ1n) is 15.0. The Morgan fingerprint density at radius 2 is 1.93 bits per heavy atom. The average molecular weight is 614 g/mol. The molecular weight excluding hydrogens is 574 g/mol. The lowest BCUT2D eigenvalue weighted by Crippen LogP contribution is -2.58. The first kappa shape index (κ1) is 31.2. The number of aliphatic hydroxyl groups excluding tert-OH is 1. The Bertz CT molecular complexity index is 1330. The normalized spacial score (nSPS) is 32.7. The Kier molecular flexibility index (Phi) is 9.02. The molecule has 4 aliphatic rings. The number of nitrogens with one attached hydrogen (secondary N) is 1. The highest BCUT2D eigenvalue weighted by molar-refractivity contribution is 6.34. The predicted octanol–water partition coefficient (Wildman–Crippen LogP) is 2.94. The number of esters is 1. The van der Waals surface area contributed by atoms with E-state index in [2.05, 4.69) is 5.32 Å². The van der Waals surface area contributed by atoms with E-state index >= 15 is 0 Å². The largest absolute Gasteiger partial charge is 0.460 e. The molecule has 4 heterocycles. The fourth-order valence-electron chi connectivity index (χ4n) is 6.98. The lowest BCUT2D eigenvalue weighted by molar-refractivity contribution is -0.159. The van der Waals surface area contributed by atoms with Crippen molar-refractivity contribution in [2.75, 3.05) is 24.6 Å². The van der Waals surface area contributed by atoms with Crippen molar-refractivity contribution in [3.63, 3.8) is 0 Å². The molecule has 2 N–H and O–H groups in total. The van der Waals surface area contributed by atoms with Gasteiger partial charge in [0.25, 0.3) is 5.91 Å². The summed E-state index contributed by atoms with van der Waals surface area (Å²) in [6, 6.07) is 3.53. The molecule has 1 aromatic rings. The van der Waals surface area contributed by atoms with Crippen molar-refractivity contribution in [3.8, 4) is 0 Å². The number of amides is 3. The smallest absolute Gasteiger partial charge is 0.313 e. The molecule has 2 fully saturated rings. The van der Waals surface area contributed by atoms with Gasteiger partial charge in [-0.05, 0) is 44.2 Å². The zero-order valence-corrected chi connectivity index (χ0v) is 25.8. The SMILES string of the molecule is Cc1cccc(Cl)c1N1CC=C[C@@]23O[C@H]4/C=C\CCC(=O)NC[C@H](C)OC(=O)[C@H]4[C@@H]2C(=O)N([C@@H](CO)CC(C)C)[C@H]3C1=O. The van der Waals surface area contributed by atoms with E-state index in [1.54, 1.807) is 48.3 Å².